The molecule has 0 atom stereocenters. The zero-order valence-electron chi connectivity index (χ0n) is 15.1. The molecule has 0 bridgehead atoms. The van der Waals surface area contributed by atoms with Gasteiger partial charge in [-0.05, 0) is 31.7 Å². The van der Waals surface area contributed by atoms with Crippen LogP contribution in [0.5, 0.6) is 0 Å². The number of rotatable bonds is 4. The third-order valence-electron chi connectivity index (χ3n) is 4.68. The Morgan fingerprint density at radius 3 is 2.67 bits per heavy atom. The Morgan fingerprint density at radius 2 is 1.93 bits per heavy atom. The van der Waals surface area contributed by atoms with Crippen molar-refractivity contribution in [3.05, 3.63) is 57.5 Å². The van der Waals surface area contributed by atoms with Crippen molar-refractivity contribution in [1.82, 2.24) is 19.9 Å². The van der Waals surface area contributed by atoms with Crippen LogP contribution < -0.4 is 15.8 Å². The SMILES string of the molecule is Cc1ccc(CNC(=O)c2cc(=O)nc3sc(N4CCCCC4)nn23)cc1. The normalized spacial score (nSPS) is 14.5. The number of anilines is 1. The Labute approximate surface area is 160 Å². The molecule has 3 aromatic rings. The van der Waals surface area contributed by atoms with E-state index in [-0.39, 0.29) is 11.6 Å². The summed E-state index contributed by atoms with van der Waals surface area (Å²) in [5.74, 6) is -0.333. The number of aryl methyl sites for hydroxylation is 1. The molecule has 0 unspecified atom stereocenters. The number of benzene rings is 1. The molecule has 4 rings (SSSR count). The van der Waals surface area contributed by atoms with Crippen LogP contribution in [0.3, 0.4) is 0 Å². The molecule has 1 aromatic carbocycles. The number of carbonyl (C=O) groups excluding carboxylic acids is 1. The maximum absolute atomic E-state index is 12.7. The molecule has 8 heteroatoms. The van der Waals surface area contributed by atoms with Crippen LogP contribution in [0.2, 0.25) is 0 Å². The Morgan fingerprint density at radius 1 is 1.19 bits per heavy atom. The number of fused-ring (bicyclic) bond motifs is 1. The summed E-state index contributed by atoms with van der Waals surface area (Å²) in [4.78, 5) is 31.3. The van der Waals surface area contributed by atoms with Crippen LogP contribution in [-0.2, 0) is 6.54 Å². The number of carbonyl (C=O) groups is 1. The second kappa shape index (κ2) is 7.48. The fourth-order valence-electron chi connectivity index (χ4n) is 3.16. The van der Waals surface area contributed by atoms with E-state index in [4.69, 9.17) is 0 Å². The van der Waals surface area contributed by atoms with Gasteiger partial charge < -0.3 is 10.2 Å². The van der Waals surface area contributed by atoms with Crippen molar-refractivity contribution in [3.8, 4) is 0 Å². The van der Waals surface area contributed by atoms with Crippen molar-refractivity contribution >= 4 is 27.3 Å². The molecular weight excluding hydrogens is 362 g/mol. The van der Waals surface area contributed by atoms with Crippen LogP contribution in [0.1, 0.15) is 40.9 Å². The van der Waals surface area contributed by atoms with Crippen LogP contribution in [0.15, 0.2) is 35.1 Å². The highest BCUT2D eigenvalue weighted by atomic mass is 32.1. The van der Waals surface area contributed by atoms with Gasteiger partial charge in [-0.15, -0.1) is 5.10 Å². The molecule has 7 nitrogen and oxygen atoms in total. The third kappa shape index (κ3) is 3.85. The summed E-state index contributed by atoms with van der Waals surface area (Å²) < 4.78 is 1.49. The maximum Gasteiger partial charge on any atom is 0.274 e. The largest absolute Gasteiger partial charge is 0.347 e. The van der Waals surface area contributed by atoms with E-state index in [1.807, 2.05) is 31.2 Å². The lowest BCUT2D eigenvalue weighted by atomic mass is 10.1. The van der Waals surface area contributed by atoms with Gasteiger partial charge in [0, 0.05) is 25.7 Å². The van der Waals surface area contributed by atoms with Gasteiger partial charge in [0.05, 0.1) is 0 Å². The lowest BCUT2D eigenvalue weighted by molar-refractivity contribution is 0.0943. The molecular formula is C19H21N5O2S. The molecule has 1 fully saturated rings. The highest BCUT2D eigenvalue weighted by Gasteiger charge is 2.19. The molecule has 140 valence electrons. The minimum Gasteiger partial charge on any atom is -0.347 e. The van der Waals surface area contributed by atoms with E-state index in [1.54, 1.807) is 0 Å². The third-order valence-corrected chi connectivity index (χ3v) is 5.65. The molecule has 1 amide bonds. The highest BCUT2D eigenvalue weighted by molar-refractivity contribution is 7.20. The molecule has 0 saturated carbocycles. The summed E-state index contributed by atoms with van der Waals surface area (Å²) in [7, 11) is 0. The first-order valence-electron chi connectivity index (χ1n) is 9.10. The number of nitrogens with one attached hydrogen (secondary N) is 1. The number of piperidine rings is 1. The van der Waals surface area contributed by atoms with Crippen LogP contribution in [0.25, 0.3) is 4.96 Å². The predicted molar refractivity (Wildman–Crippen MR) is 106 cm³/mol. The topological polar surface area (TPSA) is 79.6 Å². The lowest BCUT2D eigenvalue weighted by Crippen LogP contribution is -2.30. The Bertz CT molecular complexity index is 1020. The van der Waals surface area contributed by atoms with E-state index in [0.29, 0.717) is 11.5 Å². The highest BCUT2D eigenvalue weighted by Crippen LogP contribution is 2.25. The summed E-state index contributed by atoms with van der Waals surface area (Å²) in [5, 5.41) is 8.24. The first-order chi connectivity index (χ1) is 13.1. The van der Waals surface area contributed by atoms with Gasteiger partial charge >= 0.3 is 0 Å². The van der Waals surface area contributed by atoms with E-state index in [2.05, 4.69) is 20.3 Å². The zero-order valence-corrected chi connectivity index (χ0v) is 16.0. The van der Waals surface area contributed by atoms with Crippen molar-refractivity contribution in [2.45, 2.75) is 32.7 Å². The van der Waals surface area contributed by atoms with E-state index in [0.717, 1.165) is 36.6 Å². The van der Waals surface area contributed by atoms with Crippen molar-refractivity contribution in [2.75, 3.05) is 18.0 Å². The van der Waals surface area contributed by atoms with Gasteiger partial charge in [-0.2, -0.15) is 9.50 Å². The summed E-state index contributed by atoms with van der Waals surface area (Å²) >= 11 is 1.35. The molecule has 1 N–H and O–H groups in total. The van der Waals surface area contributed by atoms with Crippen LogP contribution in [0, 0.1) is 6.92 Å². The van der Waals surface area contributed by atoms with E-state index in [1.165, 1.54) is 33.9 Å². The predicted octanol–water partition coefficient (Wildman–Crippen LogP) is 2.38. The van der Waals surface area contributed by atoms with Crippen LogP contribution >= 0.6 is 11.3 Å². The Hall–Kier alpha value is -2.74. The number of nitrogens with zero attached hydrogens (tertiary/aromatic N) is 4. The van der Waals surface area contributed by atoms with Crippen molar-refractivity contribution in [2.24, 2.45) is 0 Å². The Balaban J connectivity index is 1.59. The molecule has 0 radical (unpaired) electrons. The first-order valence-corrected chi connectivity index (χ1v) is 9.91. The first kappa shape index (κ1) is 17.7. The van der Waals surface area contributed by atoms with Gasteiger partial charge in [-0.25, -0.2) is 0 Å². The number of hydrogen-bond donors (Lipinski definition) is 1. The van der Waals surface area contributed by atoms with Crippen molar-refractivity contribution < 1.29 is 4.79 Å². The fraction of sp³-hybridized carbons (Fsp3) is 0.368. The molecule has 27 heavy (non-hydrogen) atoms. The smallest absolute Gasteiger partial charge is 0.274 e. The van der Waals surface area contributed by atoms with Crippen molar-refractivity contribution in [1.29, 1.82) is 0 Å². The fourth-order valence-corrected chi connectivity index (χ4v) is 4.12. The van der Waals surface area contributed by atoms with Gasteiger partial charge in [0.2, 0.25) is 10.1 Å². The maximum atomic E-state index is 12.7. The molecule has 1 aliphatic rings. The standard InChI is InChI=1S/C19H21N5O2S/c1-13-5-7-14(8-6-13)12-20-17(26)15-11-16(25)21-18-24(15)22-19(27-18)23-9-3-2-4-10-23/h5-8,11H,2-4,9-10,12H2,1H3,(H,20,26). The molecule has 1 saturated heterocycles. The summed E-state index contributed by atoms with van der Waals surface area (Å²) in [5.41, 5.74) is 1.96. The minimum absolute atomic E-state index is 0.219. The zero-order chi connectivity index (χ0) is 18.8. The van der Waals surface area contributed by atoms with Crippen LogP contribution in [0.4, 0.5) is 5.13 Å². The molecule has 2 aromatic heterocycles. The average molecular weight is 383 g/mol. The van der Waals surface area contributed by atoms with Gasteiger partial charge in [-0.3, -0.25) is 9.59 Å². The Kier molecular flexibility index (Phi) is 4.89. The van der Waals surface area contributed by atoms with Gasteiger partial charge in [0.1, 0.15) is 5.69 Å². The molecule has 1 aliphatic heterocycles. The lowest BCUT2D eigenvalue weighted by Gasteiger charge is -2.25. The van der Waals surface area contributed by atoms with E-state index in [9.17, 15) is 9.59 Å². The molecule has 0 aliphatic carbocycles. The summed E-state index contributed by atoms with van der Waals surface area (Å²) in [6, 6.07) is 9.20. The summed E-state index contributed by atoms with van der Waals surface area (Å²) in [6.45, 7) is 4.30. The monoisotopic (exact) mass is 383 g/mol. The van der Waals surface area contributed by atoms with Crippen molar-refractivity contribution in [3.63, 3.8) is 0 Å². The van der Waals surface area contributed by atoms with Gasteiger partial charge in [0.15, 0.2) is 0 Å². The minimum atomic E-state index is -0.427. The summed E-state index contributed by atoms with van der Waals surface area (Å²) in [6.07, 6.45) is 3.49. The second-order valence-electron chi connectivity index (χ2n) is 6.77. The number of amides is 1. The molecule has 3 heterocycles. The van der Waals surface area contributed by atoms with Crippen LogP contribution in [-0.4, -0.2) is 33.6 Å². The quantitative estimate of drug-likeness (QED) is 0.748. The molecule has 0 spiro atoms. The number of aromatic nitrogens is 3. The second-order valence-corrected chi connectivity index (χ2v) is 7.71. The van der Waals surface area contributed by atoms with E-state index < -0.39 is 5.56 Å². The average Bonchev–Trinajstić information content (AvgIpc) is 3.11. The van der Waals surface area contributed by atoms with Gasteiger partial charge in [-0.1, -0.05) is 41.2 Å². The number of hydrogen-bond acceptors (Lipinski definition) is 6. The van der Waals surface area contributed by atoms with E-state index >= 15 is 0 Å². The van der Waals surface area contributed by atoms with Gasteiger partial charge in [0.25, 0.3) is 11.5 Å².